The first-order valence-corrected chi connectivity index (χ1v) is 10.1. The van der Waals surface area contributed by atoms with Crippen LogP contribution in [0.25, 0.3) is 11.3 Å². The van der Waals surface area contributed by atoms with Crippen LogP contribution >= 0.6 is 0 Å². The molecule has 0 bridgehead atoms. The number of hydrogen-bond donors (Lipinski definition) is 2. The van der Waals surface area contributed by atoms with Crippen molar-refractivity contribution >= 4 is 29.2 Å². The van der Waals surface area contributed by atoms with Crippen molar-refractivity contribution in [3.63, 3.8) is 0 Å². The standard InChI is InChI=1S/C23H23N5O3/c1-15(29)28-12-10-20(26-28)17-5-3-6-18(13-17)22(30)25-19-9-8-16-7-4-11-27(21(16)14-19)23(31)24-2/h3,5-6,8-10,12-14H,4,7,11H2,1-2H3,(H,24,31)(H,25,30). The van der Waals surface area contributed by atoms with Crippen LogP contribution < -0.4 is 15.5 Å². The summed E-state index contributed by atoms with van der Waals surface area (Å²) >= 11 is 0. The maximum atomic E-state index is 12.9. The molecule has 3 aromatic rings. The van der Waals surface area contributed by atoms with Crippen molar-refractivity contribution in [1.29, 1.82) is 0 Å². The van der Waals surface area contributed by atoms with E-state index in [4.69, 9.17) is 0 Å². The predicted molar refractivity (Wildman–Crippen MR) is 118 cm³/mol. The normalized spacial score (nSPS) is 12.8. The SMILES string of the molecule is CNC(=O)N1CCCc2ccc(NC(=O)c3cccc(-c4ccn(C(C)=O)n4)c3)cc21. The molecule has 0 radical (unpaired) electrons. The summed E-state index contributed by atoms with van der Waals surface area (Å²) in [4.78, 5) is 38.2. The summed E-state index contributed by atoms with van der Waals surface area (Å²) in [6.45, 7) is 2.07. The van der Waals surface area contributed by atoms with Gasteiger partial charge in [-0.3, -0.25) is 14.5 Å². The second kappa shape index (κ2) is 8.43. The lowest BCUT2D eigenvalue weighted by Gasteiger charge is -2.29. The lowest BCUT2D eigenvalue weighted by molar-refractivity contribution is 0.0920. The van der Waals surface area contributed by atoms with E-state index in [0.29, 0.717) is 23.5 Å². The molecule has 1 aliphatic rings. The topological polar surface area (TPSA) is 96.3 Å². The first-order valence-electron chi connectivity index (χ1n) is 10.1. The second-order valence-corrected chi connectivity index (χ2v) is 7.35. The van der Waals surface area contributed by atoms with Crippen molar-refractivity contribution in [2.75, 3.05) is 23.8 Å². The van der Waals surface area contributed by atoms with Crippen molar-refractivity contribution in [2.45, 2.75) is 19.8 Å². The second-order valence-electron chi connectivity index (χ2n) is 7.35. The minimum Gasteiger partial charge on any atom is -0.341 e. The zero-order chi connectivity index (χ0) is 22.0. The van der Waals surface area contributed by atoms with Crippen LogP contribution in [0, 0.1) is 0 Å². The lowest BCUT2D eigenvalue weighted by Crippen LogP contribution is -2.41. The Morgan fingerprint density at radius 1 is 1.06 bits per heavy atom. The molecule has 0 spiro atoms. The predicted octanol–water partition coefficient (Wildman–Crippen LogP) is 3.55. The van der Waals surface area contributed by atoms with Gasteiger partial charge in [0.05, 0.1) is 11.4 Å². The molecule has 0 fully saturated rings. The van der Waals surface area contributed by atoms with Gasteiger partial charge in [0.1, 0.15) is 0 Å². The van der Waals surface area contributed by atoms with Crippen LogP contribution in [0.1, 0.15) is 34.1 Å². The Kier molecular flexibility index (Phi) is 5.53. The molecule has 1 aliphatic heterocycles. The Balaban J connectivity index is 1.56. The highest BCUT2D eigenvalue weighted by molar-refractivity contribution is 6.05. The number of fused-ring (bicyclic) bond motifs is 1. The highest BCUT2D eigenvalue weighted by atomic mass is 16.2. The fraction of sp³-hybridized carbons (Fsp3) is 0.217. The van der Waals surface area contributed by atoms with Crippen LogP contribution in [0.5, 0.6) is 0 Å². The number of nitrogens with one attached hydrogen (secondary N) is 2. The van der Waals surface area contributed by atoms with Crippen LogP contribution in [-0.4, -0.2) is 41.2 Å². The third-order valence-corrected chi connectivity index (χ3v) is 5.25. The fourth-order valence-electron chi connectivity index (χ4n) is 3.67. The number of rotatable bonds is 3. The molecule has 4 rings (SSSR count). The number of anilines is 2. The minimum absolute atomic E-state index is 0.165. The van der Waals surface area contributed by atoms with Gasteiger partial charge in [-0.25, -0.2) is 9.48 Å². The zero-order valence-corrected chi connectivity index (χ0v) is 17.4. The molecule has 2 heterocycles. The van der Waals surface area contributed by atoms with Gasteiger partial charge in [0.25, 0.3) is 5.91 Å². The molecule has 3 amide bonds. The Morgan fingerprint density at radius 2 is 1.90 bits per heavy atom. The number of aryl methyl sites for hydroxylation is 1. The number of carbonyl (C=O) groups excluding carboxylic acids is 3. The van der Waals surface area contributed by atoms with Crippen LogP contribution in [0.15, 0.2) is 54.7 Å². The minimum atomic E-state index is -0.268. The van der Waals surface area contributed by atoms with Gasteiger partial charge in [-0.1, -0.05) is 18.2 Å². The number of urea groups is 1. The molecular weight excluding hydrogens is 394 g/mol. The largest absolute Gasteiger partial charge is 0.341 e. The monoisotopic (exact) mass is 417 g/mol. The van der Waals surface area contributed by atoms with Crippen molar-refractivity contribution in [3.8, 4) is 11.3 Å². The third-order valence-electron chi connectivity index (χ3n) is 5.25. The van der Waals surface area contributed by atoms with Crippen molar-refractivity contribution in [3.05, 3.63) is 65.9 Å². The number of aromatic nitrogens is 2. The number of hydrogen-bond acceptors (Lipinski definition) is 4. The summed E-state index contributed by atoms with van der Waals surface area (Å²) in [6.07, 6.45) is 3.39. The average Bonchev–Trinajstić information content (AvgIpc) is 3.29. The molecule has 0 saturated heterocycles. The molecule has 8 heteroatoms. The molecule has 31 heavy (non-hydrogen) atoms. The zero-order valence-electron chi connectivity index (χ0n) is 17.4. The molecule has 0 unspecified atom stereocenters. The third kappa shape index (κ3) is 4.18. The van der Waals surface area contributed by atoms with Gasteiger partial charge in [-0.15, -0.1) is 0 Å². The van der Waals surface area contributed by atoms with E-state index in [2.05, 4.69) is 15.7 Å². The number of amides is 3. The molecular formula is C23H23N5O3. The van der Waals surface area contributed by atoms with Gasteiger partial charge in [-0.05, 0) is 48.7 Å². The Hall–Kier alpha value is -3.94. The van der Waals surface area contributed by atoms with Crippen molar-refractivity contribution in [1.82, 2.24) is 15.1 Å². The van der Waals surface area contributed by atoms with E-state index in [9.17, 15) is 14.4 Å². The van der Waals surface area contributed by atoms with E-state index < -0.39 is 0 Å². The van der Waals surface area contributed by atoms with Gasteiger partial charge >= 0.3 is 6.03 Å². The Bertz CT molecular complexity index is 1170. The highest BCUT2D eigenvalue weighted by Crippen LogP contribution is 2.30. The molecule has 1 aromatic heterocycles. The maximum Gasteiger partial charge on any atom is 0.321 e. The van der Waals surface area contributed by atoms with Crippen LogP contribution in [0.3, 0.4) is 0 Å². The molecule has 0 aliphatic carbocycles. The van der Waals surface area contributed by atoms with E-state index in [-0.39, 0.29) is 17.8 Å². The molecule has 158 valence electrons. The average molecular weight is 417 g/mol. The van der Waals surface area contributed by atoms with Crippen molar-refractivity contribution in [2.24, 2.45) is 0 Å². The van der Waals surface area contributed by atoms with Crippen molar-refractivity contribution < 1.29 is 14.4 Å². The molecule has 0 atom stereocenters. The van der Waals surface area contributed by atoms with Gasteiger partial charge in [-0.2, -0.15) is 5.10 Å². The van der Waals surface area contributed by atoms with Gasteiger partial charge in [0.15, 0.2) is 0 Å². The van der Waals surface area contributed by atoms with Crippen LogP contribution in [0.4, 0.5) is 16.2 Å². The van der Waals surface area contributed by atoms with E-state index in [1.165, 1.54) is 11.6 Å². The molecule has 0 saturated carbocycles. The quantitative estimate of drug-likeness (QED) is 0.681. The summed E-state index contributed by atoms with van der Waals surface area (Å²) in [5, 5.41) is 9.81. The summed E-state index contributed by atoms with van der Waals surface area (Å²) in [6, 6.07) is 14.3. The summed E-state index contributed by atoms with van der Waals surface area (Å²) in [7, 11) is 1.61. The summed E-state index contributed by atoms with van der Waals surface area (Å²) < 4.78 is 1.26. The van der Waals surface area contributed by atoms with Gasteiger partial charge < -0.3 is 10.6 Å². The lowest BCUT2D eigenvalue weighted by atomic mass is 10.0. The number of carbonyl (C=O) groups is 3. The van der Waals surface area contributed by atoms with Gasteiger partial charge in [0, 0.05) is 43.5 Å². The van der Waals surface area contributed by atoms with E-state index >= 15 is 0 Å². The van der Waals surface area contributed by atoms with Crippen LogP contribution in [-0.2, 0) is 6.42 Å². The van der Waals surface area contributed by atoms with E-state index in [1.54, 1.807) is 42.4 Å². The number of nitrogens with zero attached hydrogens (tertiary/aromatic N) is 3. The Morgan fingerprint density at radius 3 is 2.65 bits per heavy atom. The molecule has 2 N–H and O–H groups in total. The van der Waals surface area contributed by atoms with Gasteiger partial charge in [0.2, 0.25) is 5.91 Å². The van der Waals surface area contributed by atoms with Crippen LogP contribution in [0.2, 0.25) is 0 Å². The Labute approximate surface area is 179 Å². The fourth-order valence-corrected chi connectivity index (χ4v) is 3.67. The number of benzene rings is 2. The molecule has 2 aromatic carbocycles. The van der Waals surface area contributed by atoms with E-state index in [0.717, 1.165) is 29.7 Å². The highest BCUT2D eigenvalue weighted by Gasteiger charge is 2.22. The summed E-state index contributed by atoms with van der Waals surface area (Å²) in [5.41, 5.74) is 4.33. The first kappa shape index (κ1) is 20.3. The smallest absolute Gasteiger partial charge is 0.321 e. The molecule has 8 nitrogen and oxygen atoms in total. The maximum absolute atomic E-state index is 12.9. The summed E-state index contributed by atoms with van der Waals surface area (Å²) in [5.74, 6) is -0.451. The first-order chi connectivity index (χ1) is 15.0. The van der Waals surface area contributed by atoms with E-state index in [1.807, 2.05) is 24.3 Å².